The molecular formula is C37H56O18. The number of esters is 5. The number of aliphatic carboxylic acids is 4. The van der Waals surface area contributed by atoms with E-state index in [1.165, 1.54) is 63.2 Å². The van der Waals surface area contributed by atoms with E-state index in [4.69, 9.17) is 20.4 Å². The van der Waals surface area contributed by atoms with Gasteiger partial charge in [0.1, 0.15) is 0 Å². The summed E-state index contributed by atoms with van der Waals surface area (Å²) < 4.78 is 20.8. The molecule has 0 aliphatic carbocycles. The van der Waals surface area contributed by atoms with Crippen LogP contribution in [-0.4, -0.2) is 110 Å². The first kappa shape index (κ1) is 69.6. The third-order valence-corrected chi connectivity index (χ3v) is 3.47. The van der Waals surface area contributed by atoms with Crippen molar-refractivity contribution in [1.29, 1.82) is 0 Å². The van der Waals surface area contributed by atoms with Gasteiger partial charge in [0.15, 0.2) is 0 Å². The van der Waals surface area contributed by atoms with Crippen molar-refractivity contribution in [1.82, 2.24) is 0 Å². The average Bonchev–Trinajstić information content (AvgIpc) is 3.14. The van der Waals surface area contributed by atoms with E-state index < -0.39 is 47.8 Å². The molecule has 312 valence electrons. The lowest BCUT2D eigenvalue weighted by atomic mass is 10.4. The zero-order chi connectivity index (χ0) is 46.4. The molecule has 4 N–H and O–H groups in total. The maximum absolute atomic E-state index is 10.2. The van der Waals surface area contributed by atoms with E-state index in [1.54, 1.807) is 6.92 Å². The highest BCUT2D eigenvalue weighted by Gasteiger charge is 1.95. The number of hydrogen-bond acceptors (Lipinski definition) is 14. The summed E-state index contributed by atoms with van der Waals surface area (Å²) in [5, 5.41) is 31.6. The van der Waals surface area contributed by atoms with Crippen LogP contribution in [0.5, 0.6) is 0 Å². The molecule has 0 unspecified atom stereocenters. The predicted octanol–water partition coefficient (Wildman–Crippen LogP) is 4.71. The Labute approximate surface area is 322 Å². The summed E-state index contributed by atoms with van der Waals surface area (Å²) in [6.45, 7) is 36.0. The molecule has 18 nitrogen and oxygen atoms in total. The lowest BCUT2D eigenvalue weighted by Gasteiger charge is -1.91. The van der Waals surface area contributed by atoms with Crippen molar-refractivity contribution in [2.24, 2.45) is 0 Å². The lowest BCUT2D eigenvalue weighted by Crippen LogP contribution is -1.98. The highest BCUT2D eigenvalue weighted by molar-refractivity contribution is 5.87. The summed E-state index contributed by atoms with van der Waals surface area (Å²) in [5.74, 6) is -5.66. The largest absolute Gasteiger partial charge is 0.478 e. The highest BCUT2D eigenvalue weighted by atomic mass is 16.5. The molecule has 0 saturated carbocycles. The van der Waals surface area contributed by atoms with Gasteiger partial charge < -0.3 is 44.1 Å². The van der Waals surface area contributed by atoms with Crippen molar-refractivity contribution in [2.75, 3.05) is 35.5 Å². The third-order valence-electron chi connectivity index (χ3n) is 3.47. The smallest absolute Gasteiger partial charge is 0.332 e. The van der Waals surface area contributed by atoms with Gasteiger partial charge in [0.05, 0.1) is 35.5 Å². The minimum absolute atomic E-state index is 0.176. The summed E-state index contributed by atoms with van der Waals surface area (Å²) in [6.07, 6.45) is 4.44. The first-order valence-corrected chi connectivity index (χ1v) is 14.1. The van der Waals surface area contributed by atoms with E-state index in [0.717, 1.165) is 24.3 Å². The average molecular weight is 789 g/mol. The van der Waals surface area contributed by atoms with Gasteiger partial charge in [-0.15, -0.1) is 0 Å². The Bertz CT molecular complexity index is 1100. The number of carbonyl (C=O) groups is 9. The van der Waals surface area contributed by atoms with Crippen LogP contribution in [0, 0.1) is 0 Å². The molecule has 0 aromatic heterocycles. The van der Waals surface area contributed by atoms with Gasteiger partial charge >= 0.3 is 53.7 Å². The molecule has 0 aliphatic rings. The Morgan fingerprint density at radius 1 is 0.345 bits per heavy atom. The molecule has 0 atom stereocenters. The minimum atomic E-state index is -0.935. The summed E-state index contributed by atoms with van der Waals surface area (Å²) in [5.41, 5.74) is 1.14. The number of carbonyl (C=O) groups excluding carboxylic acids is 5. The molecule has 55 heavy (non-hydrogen) atoms. The number of carboxylic acid groups (broad SMARTS) is 4. The molecular weight excluding hydrogens is 732 g/mol. The lowest BCUT2D eigenvalue weighted by molar-refractivity contribution is -0.136. The second-order valence-corrected chi connectivity index (χ2v) is 8.52. The Morgan fingerprint density at radius 2 is 0.473 bits per heavy atom. The topological polar surface area (TPSA) is 281 Å². The molecule has 0 aromatic rings. The first-order valence-electron chi connectivity index (χ1n) is 14.1. The van der Waals surface area contributed by atoms with Gasteiger partial charge in [0.2, 0.25) is 0 Å². The van der Waals surface area contributed by atoms with Crippen LogP contribution >= 0.6 is 0 Å². The van der Waals surface area contributed by atoms with E-state index in [0.29, 0.717) is 5.57 Å². The van der Waals surface area contributed by atoms with Crippen LogP contribution in [0.3, 0.4) is 0 Å². The zero-order valence-corrected chi connectivity index (χ0v) is 33.2. The number of methoxy groups -OCH3 is 5. The Kier molecular flexibility index (Phi) is 64.9. The zero-order valence-electron chi connectivity index (χ0n) is 33.2. The van der Waals surface area contributed by atoms with Crippen molar-refractivity contribution in [3.8, 4) is 0 Å². The molecule has 0 spiro atoms. The normalized spacial score (nSPS) is 7.24. The standard InChI is InChI=1S/C5H8O2.8C4H6O2/c1-4(2)5(6)7-3;4*1-3-4(5)6-2;4*1-3(2)4(5)6/h1H2,2-3H3;4*3H,1H2,2H3;4*1H2,2H3,(H,5,6). The van der Waals surface area contributed by atoms with Crippen LogP contribution in [0.4, 0.5) is 0 Å². The SMILES string of the molecule is C=C(C)C(=O)O.C=C(C)C(=O)O.C=C(C)C(=O)O.C=C(C)C(=O)O.C=C(C)C(=O)OC.C=CC(=O)OC.C=CC(=O)OC.C=CC(=O)OC.C=CC(=O)OC. The van der Waals surface area contributed by atoms with Gasteiger partial charge in [0.25, 0.3) is 0 Å². The Morgan fingerprint density at radius 3 is 0.473 bits per heavy atom. The Balaban J connectivity index is -0.0000000619. The minimum Gasteiger partial charge on any atom is -0.478 e. The van der Waals surface area contributed by atoms with Crippen molar-refractivity contribution >= 4 is 53.7 Å². The fourth-order valence-corrected chi connectivity index (χ4v) is 0.508. The van der Waals surface area contributed by atoms with Crippen molar-refractivity contribution in [3.05, 3.63) is 111 Å². The van der Waals surface area contributed by atoms with Crippen molar-refractivity contribution in [3.63, 3.8) is 0 Å². The molecule has 18 heteroatoms. The van der Waals surface area contributed by atoms with Gasteiger partial charge in [-0.3, -0.25) is 0 Å². The molecule has 0 fully saturated rings. The fraction of sp³-hybridized carbons (Fsp3) is 0.270. The van der Waals surface area contributed by atoms with Crippen LogP contribution in [0.2, 0.25) is 0 Å². The summed E-state index contributed by atoms with van der Waals surface area (Å²) in [6, 6.07) is 0. The molecule has 0 aromatic carbocycles. The van der Waals surface area contributed by atoms with E-state index in [9.17, 15) is 43.2 Å². The highest BCUT2D eigenvalue weighted by Crippen LogP contribution is 1.87. The van der Waals surface area contributed by atoms with Gasteiger partial charge in [-0.2, -0.15) is 0 Å². The van der Waals surface area contributed by atoms with Crippen LogP contribution in [0.1, 0.15) is 34.6 Å². The molecule has 0 radical (unpaired) electrons. The van der Waals surface area contributed by atoms with Gasteiger partial charge in [0, 0.05) is 52.2 Å². The maximum atomic E-state index is 10.2. The summed E-state index contributed by atoms with van der Waals surface area (Å²) in [7, 11) is 6.57. The predicted molar refractivity (Wildman–Crippen MR) is 205 cm³/mol. The van der Waals surface area contributed by atoms with Gasteiger partial charge in [-0.05, 0) is 34.6 Å². The second kappa shape index (κ2) is 51.3. The fourth-order valence-electron chi connectivity index (χ4n) is 0.508. The van der Waals surface area contributed by atoms with E-state index in [1.807, 2.05) is 0 Å². The molecule has 0 bridgehead atoms. The van der Waals surface area contributed by atoms with Gasteiger partial charge in [-0.1, -0.05) is 59.2 Å². The van der Waals surface area contributed by atoms with E-state index in [-0.39, 0.29) is 28.3 Å². The monoisotopic (exact) mass is 788 g/mol. The van der Waals surface area contributed by atoms with E-state index >= 15 is 0 Å². The molecule has 0 saturated heterocycles. The number of carboxylic acids is 4. The summed E-state index contributed by atoms with van der Waals surface area (Å²) in [4.78, 5) is 87.9. The maximum Gasteiger partial charge on any atom is 0.332 e. The molecule has 0 aliphatic heterocycles. The summed E-state index contributed by atoms with van der Waals surface area (Å²) >= 11 is 0. The van der Waals surface area contributed by atoms with Gasteiger partial charge in [-0.25, -0.2) is 43.2 Å². The van der Waals surface area contributed by atoms with Crippen molar-refractivity contribution in [2.45, 2.75) is 34.6 Å². The van der Waals surface area contributed by atoms with Crippen LogP contribution in [-0.2, 0) is 66.8 Å². The number of ether oxygens (including phenoxy) is 5. The number of hydrogen-bond donors (Lipinski definition) is 4. The van der Waals surface area contributed by atoms with Crippen LogP contribution < -0.4 is 0 Å². The Hall–Kier alpha value is -7.11. The molecule has 0 amide bonds. The third kappa shape index (κ3) is 99.0. The van der Waals surface area contributed by atoms with E-state index in [2.05, 4.69) is 82.9 Å². The second-order valence-electron chi connectivity index (χ2n) is 8.52. The van der Waals surface area contributed by atoms with Crippen LogP contribution in [0.15, 0.2) is 111 Å². The quantitative estimate of drug-likeness (QED) is 0.140. The molecule has 0 heterocycles. The molecule has 0 rings (SSSR count). The number of rotatable bonds is 9. The van der Waals surface area contributed by atoms with Crippen LogP contribution in [0.25, 0.3) is 0 Å². The van der Waals surface area contributed by atoms with Crippen molar-refractivity contribution < 1.29 is 87.3 Å². The first-order chi connectivity index (χ1) is 25.0.